The van der Waals surface area contributed by atoms with Crippen molar-refractivity contribution >= 4 is 11.6 Å². The van der Waals surface area contributed by atoms with Gasteiger partial charge in [0.1, 0.15) is 0 Å². The summed E-state index contributed by atoms with van der Waals surface area (Å²) in [6.07, 6.45) is 1.33. The molecule has 0 aromatic heterocycles. The van der Waals surface area contributed by atoms with Crippen molar-refractivity contribution in [3.63, 3.8) is 0 Å². The van der Waals surface area contributed by atoms with Crippen LogP contribution >= 0.6 is 0 Å². The standard InChI is InChI=1S/C16H26N2O/c1-15(2,3)11-16(4,5)18-14(19)10-12-6-8-13(17)9-7-12/h6-9H,10-11,17H2,1-5H3,(H,18,19). The highest BCUT2D eigenvalue weighted by Gasteiger charge is 2.26. The van der Waals surface area contributed by atoms with Gasteiger partial charge in [-0.2, -0.15) is 0 Å². The Labute approximate surface area is 116 Å². The number of carbonyl (C=O) groups excluding carboxylic acids is 1. The van der Waals surface area contributed by atoms with E-state index in [1.807, 2.05) is 24.3 Å². The zero-order chi connectivity index (χ0) is 14.7. The second-order valence-corrected chi connectivity index (χ2v) is 7.09. The van der Waals surface area contributed by atoms with Crippen LogP contribution in [-0.4, -0.2) is 11.4 Å². The Kier molecular flexibility index (Phi) is 4.61. The Hall–Kier alpha value is -1.51. The van der Waals surface area contributed by atoms with Gasteiger partial charge in [0.05, 0.1) is 6.42 Å². The summed E-state index contributed by atoms with van der Waals surface area (Å²) < 4.78 is 0. The van der Waals surface area contributed by atoms with Gasteiger partial charge in [0.15, 0.2) is 0 Å². The predicted molar refractivity (Wildman–Crippen MR) is 80.9 cm³/mol. The molecule has 0 heterocycles. The highest BCUT2D eigenvalue weighted by atomic mass is 16.1. The Morgan fingerprint density at radius 1 is 1.11 bits per heavy atom. The number of nitrogens with two attached hydrogens (primary N) is 1. The first-order valence-electron chi connectivity index (χ1n) is 6.73. The molecule has 1 aromatic carbocycles. The van der Waals surface area contributed by atoms with Crippen LogP contribution in [0.3, 0.4) is 0 Å². The first-order valence-corrected chi connectivity index (χ1v) is 6.73. The molecule has 3 heteroatoms. The summed E-state index contributed by atoms with van der Waals surface area (Å²) >= 11 is 0. The van der Waals surface area contributed by atoms with E-state index in [2.05, 4.69) is 39.9 Å². The molecule has 0 radical (unpaired) electrons. The quantitative estimate of drug-likeness (QED) is 0.819. The number of nitrogen functional groups attached to an aromatic ring is 1. The smallest absolute Gasteiger partial charge is 0.224 e. The number of rotatable bonds is 4. The maximum Gasteiger partial charge on any atom is 0.224 e. The third-order valence-corrected chi connectivity index (χ3v) is 2.79. The van der Waals surface area contributed by atoms with Gasteiger partial charge in [0.2, 0.25) is 5.91 Å². The summed E-state index contributed by atoms with van der Waals surface area (Å²) in [5, 5.41) is 3.11. The van der Waals surface area contributed by atoms with Crippen molar-refractivity contribution in [2.45, 2.75) is 53.0 Å². The van der Waals surface area contributed by atoms with Crippen LogP contribution < -0.4 is 11.1 Å². The van der Waals surface area contributed by atoms with Crippen LogP contribution in [0.25, 0.3) is 0 Å². The van der Waals surface area contributed by atoms with E-state index in [0.29, 0.717) is 6.42 Å². The molecule has 0 bridgehead atoms. The molecule has 0 saturated carbocycles. The maximum atomic E-state index is 12.1. The lowest BCUT2D eigenvalue weighted by atomic mass is 9.81. The van der Waals surface area contributed by atoms with E-state index in [1.54, 1.807) is 0 Å². The number of benzene rings is 1. The van der Waals surface area contributed by atoms with Gasteiger partial charge in [-0.05, 0) is 43.4 Å². The Morgan fingerprint density at radius 2 is 1.63 bits per heavy atom. The molecule has 1 rings (SSSR count). The minimum Gasteiger partial charge on any atom is -0.399 e. The van der Waals surface area contributed by atoms with Crippen LogP contribution in [0, 0.1) is 5.41 Å². The van der Waals surface area contributed by atoms with E-state index in [9.17, 15) is 4.79 Å². The zero-order valence-corrected chi connectivity index (χ0v) is 12.7. The summed E-state index contributed by atoms with van der Waals surface area (Å²) in [4.78, 5) is 12.1. The normalized spacial score (nSPS) is 12.3. The fraction of sp³-hybridized carbons (Fsp3) is 0.562. The molecule has 0 atom stereocenters. The molecule has 3 nitrogen and oxygen atoms in total. The minimum atomic E-state index is -0.191. The Balaban J connectivity index is 2.57. The van der Waals surface area contributed by atoms with Crippen molar-refractivity contribution in [2.75, 3.05) is 5.73 Å². The summed E-state index contributed by atoms with van der Waals surface area (Å²) in [6.45, 7) is 10.7. The number of hydrogen-bond donors (Lipinski definition) is 2. The van der Waals surface area contributed by atoms with Crippen LogP contribution in [0.4, 0.5) is 5.69 Å². The van der Waals surface area contributed by atoms with Crippen molar-refractivity contribution in [2.24, 2.45) is 5.41 Å². The van der Waals surface area contributed by atoms with Crippen LogP contribution in [0.1, 0.15) is 46.6 Å². The summed E-state index contributed by atoms with van der Waals surface area (Å²) in [5.74, 6) is 0.0546. The van der Waals surface area contributed by atoms with Crippen molar-refractivity contribution < 1.29 is 4.79 Å². The van der Waals surface area contributed by atoms with E-state index in [-0.39, 0.29) is 16.9 Å². The first-order chi connectivity index (χ1) is 8.57. The molecule has 0 aliphatic heterocycles. The topological polar surface area (TPSA) is 55.1 Å². The largest absolute Gasteiger partial charge is 0.399 e. The van der Waals surface area contributed by atoms with E-state index < -0.39 is 0 Å². The van der Waals surface area contributed by atoms with Crippen LogP contribution in [-0.2, 0) is 11.2 Å². The van der Waals surface area contributed by atoms with Gasteiger partial charge in [-0.25, -0.2) is 0 Å². The molecule has 0 aliphatic rings. The fourth-order valence-electron chi connectivity index (χ4n) is 2.61. The molecule has 0 fully saturated rings. The molecule has 0 spiro atoms. The molecule has 19 heavy (non-hydrogen) atoms. The first kappa shape index (κ1) is 15.5. The minimum absolute atomic E-state index is 0.0546. The van der Waals surface area contributed by atoms with Crippen molar-refractivity contribution in [3.8, 4) is 0 Å². The molecule has 0 saturated heterocycles. The Morgan fingerprint density at radius 3 is 2.11 bits per heavy atom. The second-order valence-electron chi connectivity index (χ2n) is 7.09. The predicted octanol–water partition coefficient (Wildman–Crippen LogP) is 3.14. The van der Waals surface area contributed by atoms with Gasteiger partial charge in [0.25, 0.3) is 0 Å². The van der Waals surface area contributed by atoms with Gasteiger partial charge in [-0.3, -0.25) is 4.79 Å². The van der Waals surface area contributed by atoms with E-state index in [4.69, 9.17) is 5.73 Å². The SMILES string of the molecule is CC(C)(C)CC(C)(C)NC(=O)Cc1ccc(N)cc1. The van der Waals surface area contributed by atoms with E-state index >= 15 is 0 Å². The molecule has 0 aliphatic carbocycles. The third-order valence-electron chi connectivity index (χ3n) is 2.79. The van der Waals surface area contributed by atoms with Crippen LogP contribution in [0.5, 0.6) is 0 Å². The lowest BCUT2D eigenvalue weighted by Gasteiger charge is -2.33. The monoisotopic (exact) mass is 262 g/mol. The summed E-state index contributed by atoms with van der Waals surface area (Å²) in [6, 6.07) is 7.43. The van der Waals surface area contributed by atoms with Crippen LogP contribution in [0.2, 0.25) is 0 Å². The molecular weight excluding hydrogens is 236 g/mol. The lowest BCUT2D eigenvalue weighted by molar-refractivity contribution is -0.122. The Bertz CT molecular complexity index is 427. The van der Waals surface area contributed by atoms with E-state index in [0.717, 1.165) is 17.7 Å². The average Bonchev–Trinajstić information content (AvgIpc) is 2.16. The van der Waals surface area contributed by atoms with Crippen molar-refractivity contribution in [1.29, 1.82) is 0 Å². The zero-order valence-electron chi connectivity index (χ0n) is 12.7. The number of anilines is 1. The van der Waals surface area contributed by atoms with Gasteiger partial charge in [0, 0.05) is 11.2 Å². The number of amides is 1. The lowest BCUT2D eigenvalue weighted by Crippen LogP contribution is -2.46. The molecular formula is C16H26N2O. The van der Waals surface area contributed by atoms with Crippen molar-refractivity contribution in [1.82, 2.24) is 5.32 Å². The van der Waals surface area contributed by atoms with Gasteiger partial charge < -0.3 is 11.1 Å². The van der Waals surface area contributed by atoms with Gasteiger partial charge >= 0.3 is 0 Å². The summed E-state index contributed by atoms with van der Waals surface area (Å²) in [5.41, 5.74) is 7.33. The number of hydrogen-bond acceptors (Lipinski definition) is 2. The number of nitrogens with one attached hydrogen (secondary N) is 1. The average molecular weight is 262 g/mol. The van der Waals surface area contributed by atoms with Gasteiger partial charge in [-0.1, -0.05) is 32.9 Å². The van der Waals surface area contributed by atoms with E-state index in [1.165, 1.54) is 0 Å². The maximum absolute atomic E-state index is 12.1. The molecule has 3 N–H and O–H groups in total. The van der Waals surface area contributed by atoms with Crippen molar-refractivity contribution in [3.05, 3.63) is 29.8 Å². The fourth-order valence-corrected chi connectivity index (χ4v) is 2.61. The highest BCUT2D eigenvalue weighted by Crippen LogP contribution is 2.26. The van der Waals surface area contributed by atoms with Crippen LogP contribution in [0.15, 0.2) is 24.3 Å². The highest BCUT2D eigenvalue weighted by molar-refractivity contribution is 5.79. The second kappa shape index (κ2) is 5.64. The molecule has 106 valence electrons. The third kappa shape index (κ3) is 6.27. The molecule has 1 amide bonds. The summed E-state index contributed by atoms with van der Waals surface area (Å²) in [7, 11) is 0. The molecule has 0 unspecified atom stereocenters. The molecule has 1 aromatic rings. The number of carbonyl (C=O) groups is 1. The van der Waals surface area contributed by atoms with Gasteiger partial charge in [-0.15, -0.1) is 0 Å².